The number of aliphatic carboxylic acids is 1. The monoisotopic (exact) mass is 315 g/mol. The third kappa shape index (κ3) is 3.95. The molecular weight excluding hydrogens is 286 g/mol. The second kappa shape index (κ2) is 7.04. The van der Waals surface area contributed by atoms with Gasteiger partial charge in [0.25, 0.3) is 0 Å². The lowest BCUT2D eigenvalue weighted by atomic mass is 9.69. The number of hydrogen-bond donors (Lipinski definition) is 2. The lowest BCUT2D eigenvalue weighted by Crippen LogP contribution is -2.45. The van der Waals surface area contributed by atoms with Gasteiger partial charge in [0.05, 0.1) is 5.92 Å². The molecule has 2 aliphatic rings. The van der Waals surface area contributed by atoms with Crippen molar-refractivity contribution in [2.24, 2.45) is 5.92 Å². The molecule has 3 rings (SSSR count). The van der Waals surface area contributed by atoms with Crippen molar-refractivity contribution < 1.29 is 9.90 Å². The van der Waals surface area contributed by atoms with E-state index < -0.39 is 5.97 Å². The van der Waals surface area contributed by atoms with Gasteiger partial charge in [-0.3, -0.25) is 4.79 Å². The molecule has 23 heavy (non-hydrogen) atoms. The molecule has 0 bridgehead atoms. The van der Waals surface area contributed by atoms with Crippen molar-refractivity contribution in [1.82, 2.24) is 5.32 Å². The Morgan fingerprint density at radius 3 is 2.13 bits per heavy atom. The molecule has 3 heteroatoms. The summed E-state index contributed by atoms with van der Waals surface area (Å²) in [5.74, 6) is -0.722. The summed E-state index contributed by atoms with van der Waals surface area (Å²) in [5.41, 5.74) is 1.79. The molecular formula is C20H29NO2. The molecule has 0 aromatic heterocycles. The highest BCUT2D eigenvalue weighted by Gasteiger charge is 2.34. The molecule has 0 spiro atoms. The first-order valence-corrected chi connectivity index (χ1v) is 9.11. The van der Waals surface area contributed by atoms with Gasteiger partial charge in [-0.05, 0) is 62.3 Å². The van der Waals surface area contributed by atoms with Crippen LogP contribution in [0.5, 0.6) is 0 Å². The average Bonchev–Trinajstić information content (AvgIpc) is 2.58. The van der Waals surface area contributed by atoms with Crippen LogP contribution in [-0.4, -0.2) is 23.2 Å². The molecule has 0 amide bonds. The smallest absolute Gasteiger partial charge is 0.306 e. The SMILES string of the molecule is CC1(c2ccccc2)CCC(NC2CCC(C(=O)O)CC2)CC1. The van der Waals surface area contributed by atoms with Gasteiger partial charge in [0.2, 0.25) is 0 Å². The zero-order chi connectivity index (χ0) is 16.3. The topological polar surface area (TPSA) is 49.3 Å². The van der Waals surface area contributed by atoms with E-state index in [-0.39, 0.29) is 5.92 Å². The van der Waals surface area contributed by atoms with Crippen LogP contribution < -0.4 is 5.32 Å². The fourth-order valence-corrected chi connectivity index (χ4v) is 4.39. The van der Waals surface area contributed by atoms with Crippen LogP contribution in [0.15, 0.2) is 30.3 Å². The predicted octanol–water partition coefficient (Wildman–Crippen LogP) is 4.12. The molecule has 2 fully saturated rings. The minimum atomic E-state index is -0.611. The molecule has 3 nitrogen and oxygen atoms in total. The van der Waals surface area contributed by atoms with Crippen LogP contribution in [0.25, 0.3) is 0 Å². The molecule has 126 valence electrons. The lowest BCUT2D eigenvalue weighted by Gasteiger charge is -2.40. The highest BCUT2D eigenvalue weighted by molar-refractivity contribution is 5.70. The van der Waals surface area contributed by atoms with E-state index in [9.17, 15) is 4.79 Å². The maximum atomic E-state index is 11.0. The third-order valence-electron chi connectivity index (χ3n) is 6.11. The Hall–Kier alpha value is -1.35. The maximum Gasteiger partial charge on any atom is 0.306 e. The summed E-state index contributed by atoms with van der Waals surface area (Å²) < 4.78 is 0. The van der Waals surface area contributed by atoms with Crippen LogP contribution in [0.4, 0.5) is 0 Å². The van der Waals surface area contributed by atoms with E-state index in [4.69, 9.17) is 5.11 Å². The molecule has 0 radical (unpaired) electrons. The van der Waals surface area contributed by atoms with Crippen molar-refractivity contribution in [2.45, 2.75) is 75.8 Å². The Kier molecular flexibility index (Phi) is 5.05. The van der Waals surface area contributed by atoms with Crippen molar-refractivity contribution in [3.8, 4) is 0 Å². The Morgan fingerprint density at radius 2 is 1.57 bits per heavy atom. The van der Waals surface area contributed by atoms with Crippen LogP contribution in [0.3, 0.4) is 0 Å². The standard InChI is InChI=1S/C20H29NO2/c1-20(16-5-3-2-4-6-16)13-11-18(12-14-20)21-17-9-7-15(8-10-17)19(22)23/h2-6,15,17-18,21H,7-14H2,1H3,(H,22,23). The first kappa shape index (κ1) is 16.5. The summed E-state index contributed by atoms with van der Waals surface area (Å²) in [5, 5.41) is 12.9. The summed E-state index contributed by atoms with van der Waals surface area (Å²) in [6.45, 7) is 2.40. The fraction of sp³-hybridized carbons (Fsp3) is 0.650. The number of carboxylic acids is 1. The normalized spacial score (nSPS) is 34.9. The number of hydrogen-bond acceptors (Lipinski definition) is 2. The first-order valence-electron chi connectivity index (χ1n) is 9.11. The van der Waals surface area contributed by atoms with Gasteiger partial charge < -0.3 is 10.4 Å². The minimum Gasteiger partial charge on any atom is -0.481 e. The van der Waals surface area contributed by atoms with Gasteiger partial charge in [0, 0.05) is 12.1 Å². The van der Waals surface area contributed by atoms with E-state index in [1.807, 2.05) is 0 Å². The number of nitrogens with one attached hydrogen (secondary N) is 1. The van der Waals surface area contributed by atoms with Gasteiger partial charge >= 0.3 is 5.97 Å². The number of carboxylic acid groups (broad SMARTS) is 1. The largest absolute Gasteiger partial charge is 0.481 e. The lowest BCUT2D eigenvalue weighted by molar-refractivity contribution is -0.142. The Balaban J connectivity index is 1.48. The molecule has 2 saturated carbocycles. The van der Waals surface area contributed by atoms with Crippen LogP contribution in [-0.2, 0) is 10.2 Å². The molecule has 1 aromatic carbocycles. The van der Waals surface area contributed by atoms with Crippen molar-refractivity contribution in [3.05, 3.63) is 35.9 Å². The van der Waals surface area contributed by atoms with Crippen LogP contribution in [0.2, 0.25) is 0 Å². The summed E-state index contributed by atoms with van der Waals surface area (Å²) in [6, 6.07) is 12.0. The van der Waals surface area contributed by atoms with Crippen LogP contribution in [0.1, 0.15) is 63.9 Å². The zero-order valence-corrected chi connectivity index (χ0v) is 14.1. The Labute approximate surface area is 139 Å². The number of rotatable bonds is 4. The molecule has 0 saturated heterocycles. The molecule has 1 aromatic rings. The third-order valence-corrected chi connectivity index (χ3v) is 6.11. The maximum absolute atomic E-state index is 11.0. The van der Waals surface area contributed by atoms with Crippen molar-refractivity contribution in [2.75, 3.05) is 0 Å². The number of carbonyl (C=O) groups is 1. The van der Waals surface area contributed by atoms with E-state index >= 15 is 0 Å². The van der Waals surface area contributed by atoms with E-state index in [1.54, 1.807) is 0 Å². The quantitative estimate of drug-likeness (QED) is 0.878. The molecule has 0 atom stereocenters. The number of benzene rings is 1. The minimum absolute atomic E-state index is 0.110. The van der Waals surface area contributed by atoms with Crippen molar-refractivity contribution in [3.63, 3.8) is 0 Å². The van der Waals surface area contributed by atoms with Gasteiger partial charge in [-0.25, -0.2) is 0 Å². The highest BCUT2D eigenvalue weighted by Crippen LogP contribution is 2.39. The van der Waals surface area contributed by atoms with Gasteiger partial charge in [-0.1, -0.05) is 37.3 Å². The summed E-state index contributed by atoms with van der Waals surface area (Å²) in [6.07, 6.45) is 8.63. The highest BCUT2D eigenvalue weighted by atomic mass is 16.4. The Bertz CT molecular complexity index is 512. The van der Waals surface area contributed by atoms with Crippen molar-refractivity contribution >= 4 is 5.97 Å². The summed E-state index contributed by atoms with van der Waals surface area (Å²) >= 11 is 0. The van der Waals surface area contributed by atoms with Crippen LogP contribution in [0, 0.1) is 5.92 Å². The molecule has 0 unspecified atom stereocenters. The Morgan fingerprint density at radius 1 is 1.00 bits per heavy atom. The molecule has 0 heterocycles. The summed E-state index contributed by atoms with van der Waals surface area (Å²) in [7, 11) is 0. The van der Waals surface area contributed by atoms with E-state index in [2.05, 4.69) is 42.6 Å². The van der Waals surface area contributed by atoms with Gasteiger partial charge in [-0.15, -0.1) is 0 Å². The van der Waals surface area contributed by atoms with Crippen LogP contribution >= 0.6 is 0 Å². The molecule has 2 N–H and O–H groups in total. The summed E-state index contributed by atoms with van der Waals surface area (Å²) in [4.78, 5) is 11.0. The van der Waals surface area contributed by atoms with Gasteiger partial charge in [0.1, 0.15) is 0 Å². The average molecular weight is 315 g/mol. The predicted molar refractivity (Wildman–Crippen MR) is 92.6 cm³/mol. The van der Waals surface area contributed by atoms with Gasteiger partial charge in [0.15, 0.2) is 0 Å². The van der Waals surface area contributed by atoms with Crippen molar-refractivity contribution in [1.29, 1.82) is 0 Å². The zero-order valence-electron chi connectivity index (χ0n) is 14.1. The second-order valence-electron chi connectivity index (χ2n) is 7.75. The fourth-order valence-electron chi connectivity index (χ4n) is 4.39. The molecule has 0 aliphatic heterocycles. The first-order chi connectivity index (χ1) is 11.1. The van der Waals surface area contributed by atoms with E-state index in [0.29, 0.717) is 17.5 Å². The molecule has 2 aliphatic carbocycles. The van der Waals surface area contributed by atoms with Gasteiger partial charge in [-0.2, -0.15) is 0 Å². The second-order valence-corrected chi connectivity index (χ2v) is 7.75. The van der Waals surface area contributed by atoms with E-state index in [0.717, 1.165) is 25.7 Å². The van der Waals surface area contributed by atoms with E-state index in [1.165, 1.54) is 31.2 Å².